The minimum atomic E-state index is 0.291. The van der Waals surface area contributed by atoms with E-state index in [0.29, 0.717) is 17.9 Å². The lowest BCUT2D eigenvalue weighted by Crippen LogP contribution is -2.56. The molecular formula is C11H22N2. The van der Waals surface area contributed by atoms with Crippen molar-refractivity contribution < 1.29 is 0 Å². The van der Waals surface area contributed by atoms with Crippen LogP contribution in [0, 0.1) is 16.7 Å². The minimum Gasteiger partial charge on any atom is -0.300 e. The zero-order valence-corrected chi connectivity index (χ0v) is 9.59. The molecular weight excluding hydrogens is 160 g/mol. The number of likely N-dealkylation sites (tertiary alicyclic amines) is 1. The summed E-state index contributed by atoms with van der Waals surface area (Å²) in [6.45, 7) is 12.8. The third-order valence-electron chi connectivity index (χ3n) is 2.41. The van der Waals surface area contributed by atoms with Crippen molar-refractivity contribution in [1.29, 1.82) is 5.26 Å². The highest BCUT2D eigenvalue weighted by atomic mass is 15.2. The molecule has 0 bridgehead atoms. The van der Waals surface area contributed by atoms with Crippen LogP contribution >= 0.6 is 0 Å². The van der Waals surface area contributed by atoms with Crippen LogP contribution in [0.5, 0.6) is 0 Å². The fourth-order valence-corrected chi connectivity index (χ4v) is 1.60. The average Bonchev–Trinajstić information content (AvgIpc) is 2.04. The topological polar surface area (TPSA) is 27.0 Å². The van der Waals surface area contributed by atoms with E-state index in [4.69, 9.17) is 5.26 Å². The first-order chi connectivity index (χ1) is 6.07. The van der Waals surface area contributed by atoms with Crippen molar-refractivity contribution in [2.75, 3.05) is 13.1 Å². The predicted molar refractivity (Wildman–Crippen MR) is 56.4 cm³/mol. The van der Waals surface area contributed by atoms with Gasteiger partial charge in [-0.2, -0.15) is 5.26 Å². The SMILES string of the molecule is CC.CC(C)N1CC(C)(CC#N)C1. The summed E-state index contributed by atoms with van der Waals surface area (Å²) in [6.07, 6.45) is 0.705. The maximum absolute atomic E-state index is 8.52. The molecule has 1 fully saturated rings. The van der Waals surface area contributed by atoms with Gasteiger partial charge in [0.05, 0.1) is 6.07 Å². The summed E-state index contributed by atoms with van der Waals surface area (Å²) in [4.78, 5) is 2.40. The summed E-state index contributed by atoms with van der Waals surface area (Å²) in [6, 6.07) is 2.88. The second-order valence-corrected chi connectivity index (χ2v) is 4.14. The van der Waals surface area contributed by atoms with Gasteiger partial charge < -0.3 is 0 Å². The van der Waals surface area contributed by atoms with Crippen LogP contribution in [0.3, 0.4) is 0 Å². The lowest BCUT2D eigenvalue weighted by molar-refractivity contribution is -0.00466. The van der Waals surface area contributed by atoms with Crippen LogP contribution in [0.4, 0.5) is 0 Å². The monoisotopic (exact) mass is 182 g/mol. The highest BCUT2D eigenvalue weighted by Gasteiger charge is 2.39. The Balaban J connectivity index is 0.000000671. The van der Waals surface area contributed by atoms with E-state index in [9.17, 15) is 0 Å². The van der Waals surface area contributed by atoms with Gasteiger partial charge in [0.25, 0.3) is 0 Å². The van der Waals surface area contributed by atoms with Gasteiger partial charge in [0.2, 0.25) is 0 Å². The Morgan fingerprint density at radius 2 is 1.85 bits per heavy atom. The molecule has 2 nitrogen and oxygen atoms in total. The van der Waals surface area contributed by atoms with Gasteiger partial charge in [-0.3, -0.25) is 4.90 Å². The number of nitriles is 1. The van der Waals surface area contributed by atoms with Crippen LogP contribution < -0.4 is 0 Å². The molecule has 1 rings (SSSR count). The Labute approximate surface area is 82.5 Å². The molecule has 1 aliphatic heterocycles. The summed E-state index contributed by atoms with van der Waals surface area (Å²) in [5.74, 6) is 0. The van der Waals surface area contributed by atoms with Gasteiger partial charge in [-0.1, -0.05) is 20.8 Å². The van der Waals surface area contributed by atoms with Gasteiger partial charge in [-0.05, 0) is 13.8 Å². The minimum absolute atomic E-state index is 0.291. The Morgan fingerprint density at radius 1 is 1.38 bits per heavy atom. The van der Waals surface area contributed by atoms with Crippen molar-refractivity contribution in [3.63, 3.8) is 0 Å². The molecule has 0 amide bonds. The molecule has 0 aromatic heterocycles. The first kappa shape index (κ1) is 12.4. The molecule has 0 aromatic rings. The molecule has 0 aromatic carbocycles. The van der Waals surface area contributed by atoms with Crippen LogP contribution in [0.2, 0.25) is 0 Å². The molecule has 1 aliphatic rings. The molecule has 0 atom stereocenters. The van der Waals surface area contributed by atoms with Crippen molar-refractivity contribution in [3.05, 3.63) is 0 Å². The summed E-state index contributed by atoms with van der Waals surface area (Å²) in [5, 5.41) is 8.52. The molecule has 1 heterocycles. The largest absolute Gasteiger partial charge is 0.300 e. The Morgan fingerprint density at radius 3 is 2.15 bits per heavy atom. The number of hydrogen-bond acceptors (Lipinski definition) is 2. The van der Waals surface area contributed by atoms with E-state index < -0.39 is 0 Å². The van der Waals surface area contributed by atoms with E-state index >= 15 is 0 Å². The van der Waals surface area contributed by atoms with E-state index in [1.807, 2.05) is 13.8 Å². The normalized spacial score (nSPS) is 19.8. The zero-order chi connectivity index (χ0) is 10.5. The quantitative estimate of drug-likeness (QED) is 0.656. The molecule has 0 aliphatic carbocycles. The molecule has 0 radical (unpaired) electrons. The van der Waals surface area contributed by atoms with Gasteiger partial charge in [0.15, 0.2) is 0 Å². The maximum Gasteiger partial charge on any atom is 0.0628 e. The molecule has 0 spiro atoms. The summed E-state index contributed by atoms with van der Waals surface area (Å²) in [7, 11) is 0. The zero-order valence-electron chi connectivity index (χ0n) is 9.59. The van der Waals surface area contributed by atoms with Crippen LogP contribution in [-0.4, -0.2) is 24.0 Å². The summed E-state index contributed by atoms with van der Waals surface area (Å²) in [5.41, 5.74) is 0.291. The fourth-order valence-electron chi connectivity index (χ4n) is 1.60. The summed E-state index contributed by atoms with van der Waals surface area (Å²) < 4.78 is 0. The molecule has 1 saturated heterocycles. The molecule has 0 N–H and O–H groups in total. The third kappa shape index (κ3) is 3.36. The highest BCUT2D eigenvalue weighted by molar-refractivity contribution is 4.97. The van der Waals surface area contributed by atoms with Gasteiger partial charge in [0.1, 0.15) is 0 Å². The smallest absolute Gasteiger partial charge is 0.0628 e. The molecule has 76 valence electrons. The first-order valence-electron chi connectivity index (χ1n) is 5.18. The first-order valence-corrected chi connectivity index (χ1v) is 5.18. The van der Waals surface area contributed by atoms with E-state index in [0.717, 1.165) is 13.1 Å². The van der Waals surface area contributed by atoms with Crippen LogP contribution in [0.25, 0.3) is 0 Å². The van der Waals surface area contributed by atoms with Gasteiger partial charge in [-0.15, -0.1) is 0 Å². The van der Waals surface area contributed by atoms with Crippen LogP contribution in [0.15, 0.2) is 0 Å². The van der Waals surface area contributed by atoms with Crippen LogP contribution in [0.1, 0.15) is 41.0 Å². The number of nitrogens with zero attached hydrogens (tertiary/aromatic N) is 2. The average molecular weight is 182 g/mol. The maximum atomic E-state index is 8.52. The van der Waals surface area contributed by atoms with Crippen molar-refractivity contribution in [2.24, 2.45) is 5.41 Å². The van der Waals surface area contributed by atoms with Crippen molar-refractivity contribution in [2.45, 2.75) is 47.1 Å². The van der Waals surface area contributed by atoms with Crippen molar-refractivity contribution in [3.8, 4) is 6.07 Å². The van der Waals surface area contributed by atoms with Crippen LogP contribution in [-0.2, 0) is 0 Å². The Hall–Kier alpha value is -0.550. The number of hydrogen-bond donors (Lipinski definition) is 0. The third-order valence-corrected chi connectivity index (χ3v) is 2.41. The molecule has 0 unspecified atom stereocenters. The van der Waals surface area contributed by atoms with Crippen molar-refractivity contribution in [1.82, 2.24) is 4.90 Å². The predicted octanol–water partition coefficient (Wildman–Crippen LogP) is 2.66. The number of rotatable bonds is 2. The second kappa shape index (κ2) is 5.24. The van der Waals surface area contributed by atoms with Gasteiger partial charge >= 0.3 is 0 Å². The highest BCUT2D eigenvalue weighted by Crippen LogP contribution is 2.33. The fraction of sp³-hybridized carbons (Fsp3) is 0.909. The second-order valence-electron chi connectivity index (χ2n) is 4.14. The van der Waals surface area contributed by atoms with Gasteiger partial charge in [-0.25, -0.2) is 0 Å². The molecule has 13 heavy (non-hydrogen) atoms. The van der Waals surface area contributed by atoms with E-state index in [2.05, 4.69) is 31.7 Å². The van der Waals surface area contributed by atoms with E-state index in [1.54, 1.807) is 0 Å². The molecule has 0 saturated carbocycles. The van der Waals surface area contributed by atoms with Crippen molar-refractivity contribution >= 4 is 0 Å². The molecule has 2 heteroatoms. The Kier molecular flexibility index (Phi) is 5.02. The summed E-state index contributed by atoms with van der Waals surface area (Å²) >= 11 is 0. The lowest BCUT2D eigenvalue weighted by Gasteiger charge is -2.49. The standard InChI is InChI=1S/C9H16N2.C2H6/c1-8(2)11-6-9(3,7-11)4-5-10;1-2/h8H,4,6-7H2,1-3H3;1-2H3. The van der Waals surface area contributed by atoms with Gasteiger partial charge in [0, 0.05) is 31.0 Å². The van der Waals surface area contributed by atoms with E-state index in [-0.39, 0.29) is 0 Å². The Bertz CT molecular complexity index is 173. The lowest BCUT2D eigenvalue weighted by atomic mass is 9.78. The van der Waals surface area contributed by atoms with E-state index in [1.165, 1.54) is 0 Å².